The Labute approximate surface area is 123 Å². The van der Waals surface area contributed by atoms with Gasteiger partial charge in [0.25, 0.3) is 0 Å². The van der Waals surface area contributed by atoms with E-state index < -0.39 is 0 Å². The van der Waals surface area contributed by atoms with Gasteiger partial charge in [0, 0.05) is 24.7 Å². The van der Waals surface area contributed by atoms with Crippen LogP contribution in [-0.4, -0.2) is 47.5 Å². The number of ether oxygens (including phenoxy) is 1. The molecule has 3 rings (SSSR count). The first-order chi connectivity index (χ1) is 10.3. The van der Waals surface area contributed by atoms with E-state index in [1.807, 2.05) is 30.3 Å². The molecule has 2 aromatic rings. The molecule has 1 saturated heterocycles. The smallest absolute Gasteiger partial charge is 0.163 e. The minimum absolute atomic E-state index is 0.00259. The highest BCUT2D eigenvalue weighted by molar-refractivity contribution is 5.60. The van der Waals surface area contributed by atoms with Crippen molar-refractivity contribution in [2.75, 3.05) is 36.9 Å². The van der Waals surface area contributed by atoms with Crippen LogP contribution >= 0.6 is 0 Å². The molecule has 1 unspecified atom stereocenters. The fourth-order valence-corrected chi connectivity index (χ4v) is 2.37. The normalized spacial score (nSPS) is 18.7. The van der Waals surface area contributed by atoms with E-state index >= 15 is 0 Å². The zero-order valence-corrected chi connectivity index (χ0v) is 11.6. The van der Waals surface area contributed by atoms with E-state index in [0.717, 1.165) is 17.9 Å². The minimum atomic E-state index is -0.185. The molecule has 1 aromatic carbocycles. The van der Waals surface area contributed by atoms with E-state index in [9.17, 15) is 5.11 Å². The van der Waals surface area contributed by atoms with Gasteiger partial charge in [0.05, 0.1) is 19.3 Å². The topological polar surface area (TPSA) is 84.5 Å². The Morgan fingerprint density at radius 3 is 2.86 bits per heavy atom. The second-order valence-electron chi connectivity index (χ2n) is 4.96. The van der Waals surface area contributed by atoms with Crippen LogP contribution in [0.25, 0.3) is 11.4 Å². The predicted molar refractivity (Wildman–Crippen MR) is 80.9 cm³/mol. The fourth-order valence-electron chi connectivity index (χ4n) is 2.37. The largest absolute Gasteiger partial charge is 0.394 e. The Morgan fingerprint density at radius 1 is 1.29 bits per heavy atom. The minimum Gasteiger partial charge on any atom is -0.394 e. The standard InChI is InChI=1S/C15H18N4O2/c16-13-8-14(19-6-7-21-12(9-19)10-20)18-15(17-13)11-4-2-1-3-5-11/h1-5,8,12,20H,6-7,9-10H2,(H2,16,17,18). The molecule has 1 aliphatic heterocycles. The molecule has 0 radical (unpaired) electrons. The monoisotopic (exact) mass is 286 g/mol. The number of nitrogen functional groups attached to an aromatic ring is 1. The third-order valence-corrected chi connectivity index (χ3v) is 3.43. The van der Waals surface area contributed by atoms with E-state index in [1.54, 1.807) is 6.07 Å². The summed E-state index contributed by atoms with van der Waals surface area (Å²) in [6.45, 7) is 1.89. The van der Waals surface area contributed by atoms with Crippen LogP contribution in [0.3, 0.4) is 0 Å². The number of rotatable bonds is 3. The Kier molecular flexibility index (Phi) is 3.98. The van der Waals surface area contributed by atoms with Crippen molar-refractivity contribution in [2.45, 2.75) is 6.10 Å². The van der Waals surface area contributed by atoms with Crippen molar-refractivity contribution in [3.8, 4) is 11.4 Å². The van der Waals surface area contributed by atoms with Gasteiger partial charge >= 0.3 is 0 Å². The summed E-state index contributed by atoms with van der Waals surface area (Å²) in [6.07, 6.45) is -0.185. The van der Waals surface area contributed by atoms with Crippen LogP contribution < -0.4 is 10.6 Å². The van der Waals surface area contributed by atoms with Gasteiger partial charge in [-0.25, -0.2) is 9.97 Å². The lowest BCUT2D eigenvalue weighted by atomic mass is 10.2. The van der Waals surface area contributed by atoms with Crippen molar-refractivity contribution in [3.05, 3.63) is 36.4 Å². The van der Waals surface area contributed by atoms with Gasteiger partial charge in [0.1, 0.15) is 11.6 Å². The predicted octanol–water partition coefficient (Wildman–Crippen LogP) is 0.923. The van der Waals surface area contributed by atoms with Gasteiger partial charge in [-0.2, -0.15) is 0 Å². The van der Waals surface area contributed by atoms with Crippen LogP contribution in [0, 0.1) is 0 Å². The summed E-state index contributed by atoms with van der Waals surface area (Å²) in [4.78, 5) is 11.0. The number of aliphatic hydroxyl groups excluding tert-OH is 1. The van der Waals surface area contributed by atoms with Gasteiger partial charge < -0.3 is 20.5 Å². The summed E-state index contributed by atoms with van der Waals surface area (Å²) in [5.74, 6) is 1.81. The van der Waals surface area contributed by atoms with Crippen LogP contribution in [0.4, 0.5) is 11.6 Å². The summed E-state index contributed by atoms with van der Waals surface area (Å²) in [5.41, 5.74) is 6.84. The quantitative estimate of drug-likeness (QED) is 0.873. The molecule has 1 aliphatic rings. The number of nitrogens with zero attached hydrogens (tertiary/aromatic N) is 3. The van der Waals surface area contributed by atoms with Gasteiger partial charge in [-0.1, -0.05) is 30.3 Å². The summed E-state index contributed by atoms with van der Waals surface area (Å²) >= 11 is 0. The molecule has 6 heteroatoms. The van der Waals surface area contributed by atoms with Crippen molar-refractivity contribution < 1.29 is 9.84 Å². The number of nitrogens with two attached hydrogens (primary N) is 1. The second kappa shape index (κ2) is 6.07. The van der Waals surface area contributed by atoms with E-state index in [1.165, 1.54) is 0 Å². The molecule has 21 heavy (non-hydrogen) atoms. The molecule has 0 aliphatic carbocycles. The molecule has 6 nitrogen and oxygen atoms in total. The number of morpholine rings is 1. The number of hydrogen-bond donors (Lipinski definition) is 2. The first-order valence-corrected chi connectivity index (χ1v) is 6.93. The van der Waals surface area contributed by atoms with Crippen molar-refractivity contribution in [1.82, 2.24) is 9.97 Å². The van der Waals surface area contributed by atoms with Crippen LogP contribution in [0.1, 0.15) is 0 Å². The first kappa shape index (κ1) is 13.8. The molecule has 0 saturated carbocycles. The highest BCUT2D eigenvalue weighted by Crippen LogP contribution is 2.22. The zero-order valence-electron chi connectivity index (χ0n) is 11.6. The van der Waals surface area contributed by atoms with Gasteiger partial charge in [-0.3, -0.25) is 0 Å². The Balaban J connectivity index is 1.91. The Hall–Kier alpha value is -2.18. The lowest BCUT2D eigenvalue weighted by Crippen LogP contribution is -2.44. The summed E-state index contributed by atoms with van der Waals surface area (Å²) < 4.78 is 5.46. The number of hydrogen-bond acceptors (Lipinski definition) is 6. The first-order valence-electron chi connectivity index (χ1n) is 6.93. The molecule has 110 valence electrons. The van der Waals surface area contributed by atoms with Crippen LogP contribution in [0.15, 0.2) is 36.4 Å². The molecule has 2 heterocycles. The van der Waals surface area contributed by atoms with Crippen LogP contribution in [-0.2, 0) is 4.74 Å². The average Bonchev–Trinajstić information content (AvgIpc) is 2.55. The molecular weight excluding hydrogens is 268 g/mol. The third kappa shape index (κ3) is 3.12. The zero-order chi connectivity index (χ0) is 14.7. The molecule has 3 N–H and O–H groups in total. The van der Waals surface area contributed by atoms with Crippen molar-refractivity contribution in [3.63, 3.8) is 0 Å². The van der Waals surface area contributed by atoms with Gasteiger partial charge in [-0.05, 0) is 0 Å². The van der Waals surface area contributed by atoms with Crippen LogP contribution in [0.5, 0.6) is 0 Å². The van der Waals surface area contributed by atoms with Crippen molar-refractivity contribution in [2.24, 2.45) is 0 Å². The van der Waals surface area contributed by atoms with E-state index in [0.29, 0.717) is 24.8 Å². The summed E-state index contributed by atoms with van der Waals surface area (Å²) in [7, 11) is 0. The molecule has 1 fully saturated rings. The lowest BCUT2D eigenvalue weighted by Gasteiger charge is -2.33. The highest BCUT2D eigenvalue weighted by atomic mass is 16.5. The lowest BCUT2D eigenvalue weighted by molar-refractivity contribution is 0.00336. The van der Waals surface area contributed by atoms with Gasteiger partial charge in [-0.15, -0.1) is 0 Å². The SMILES string of the molecule is Nc1cc(N2CCOC(CO)C2)nc(-c2ccccc2)n1. The van der Waals surface area contributed by atoms with Crippen molar-refractivity contribution >= 4 is 11.6 Å². The molecule has 0 amide bonds. The van der Waals surface area contributed by atoms with Gasteiger partial charge in [0.15, 0.2) is 5.82 Å². The average molecular weight is 286 g/mol. The maximum absolute atomic E-state index is 9.23. The highest BCUT2D eigenvalue weighted by Gasteiger charge is 2.21. The van der Waals surface area contributed by atoms with Gasteiger partial charge in [0.2, 0.25) is 0 Å². The van der Waals surface area contributed by atoms with E-state index in [4.69, 9.17) is 10.5 Å². The fraction of sp³-hybridized carbons (Fsp3) is 0.333. The molecule has 0 bridgehead atoms. The summed E-state index contributed by atoms with van der Waals surface area (Å²) in [5, 5.41) is 9.23. The molecule has 1 atom stereocenters. The molecular formula is C15H18N4O2. The Bertz CT molecular complexity index is 606. The Morgan fingerprint density at radius 2 is 2.10 bits per heavy atom. The van der Waals surface area contributed by atoms with Crippen LogP contribution in [0.2, 0.25) is 0 Å². The van der Waals surface area contributed by atoms with E-state index in [2.05, 4.69) is 14.9 Å². The number of aromatic nitrogens is 2. The number of benzene rings is 1. The molecule has 1 aromatic heterocycles. The van der Waals surface area contributed by atoms with E-state index in [-0.39, 0.29) is 12.7 Å². The van der Waals surface area contributed by atoms with Crippen molar-refractivity contribution in [1.29, 1.82) is 0 Å². The maximum atomic E-state index is 9.23. The maximum Gasteiger partial charge on any atom is 0.163 e. The molecule has 0 spiro atoms. The summed E-state index contributed by atoms with van der Waals surface area (Å²) in [6, 6.07) is 11.5. The third-order valence-electron chi connectivity index (χ3n) is 3.43. The number of anilines is 2. The second-order valence-corrected chi connectivity index (χ2v) is 4.96. The number of aliphatic hydroxyl groups is 1.